The maximum Gasteiger partial charge on any atom is 0.267 e. The van der Waals surface area contributed by atoms with Crippen molar-refractivity contribution < 1.29 is 14.3 Å². The lowest BCUT2D eigenvalue weighted by atomic mass is 10.1. The van der Waals surface area contributed by atoms with Gasteiger partial charge in [-0.05, 0) is 44.0 Å². The molecule has 2 aliphatic rings. The Bertz CT molecular complexity index is 1270. The van der Waals surface area contributed by atoms with Crippen LogP contribution >= 0.6 is 23.1 Å². The number of fused-ring (bicyclic) bond motifs is 3. The van der Waals surface area contributed by atoms with E-state index in [0.29, 0.717) is 28.5 Å². The summed E-state index contributed by atoms with van der Waals surface area (Å²) in [4.78, 5) is 35.5. The van der Waals surface area contributed by atoms with E-state index in [1.165, 1.54) is 16.6 Å². The molecule has 10 heteroatoms. The third kappa shape index (κ3) is 4.72. The number of thioether (sulfide) groups is 1. The van der Waals surface area contributed by atoms with Crippen LogP contribution < -0.4 is 15.6 Å². The minimum absolute atomic E-state index is 0.0916. The Kier molecular flexibility index (Phi) is 6.91. The minimum atomic E-state index is -0.0980. The van der Waals surface area contributed by atoms with Crippen LogP contribution in [0.15, 0.2) is 34.2 Å². The van der Waals surface area contributed by atoms with Gasteiger partial charge in [-0.1, -0.05) is 17.8 Å². The predicted octanol–water partition coefficient (Wildman–Crippen LogP) is 2.83. The van der Waals surface area contributed by atoms with Crippen molar-refractivity contribution in [3.05, 3.63) is 45.1 Å². The second-order valence-electron chi connectivity index (χ2n) is 8.64. The summed E-state index contributed by atoms with van der Waals surface area (Å²) in [6.45, 7) is 3.01. The summed E-state index contributed by atoms with van der Waals surface area (Å²) in [5, 5.41) is 4.15. The number of hydrogen-bond donors (Lipinski definition) is 1. The molecule has 5 rings (SSSR count). The van der Waals surface area contributed by atoms with E-state index < -0.39 is 0 Å². The Hall–Kier alpha value is -2.40. The number of nitrogens with one attached hydrogen (secondary N) is 1. The number of carbonyl (C=O) groups excluding carboxylic acids is 1. The number of thiophene rings is 1. The summed E-state index contributed by atoms with van der Waals surface area (Å²) in [5.41, 5.74) is 1.69. The lowest BCUT2D eigenvalue weighted by molar-refractivity contribution is -0.119. The molecule has 2 aliphatic heterocycles. The first-order valence-electron chi connectivity index (χ1n) is 11.4. The number of likely N-dealkylation sites (N-methyl/N-ethyl adjacent to an activating group) is 1. The first kappa shape index (κ1) is 23.3. The van der Waals surface area contributed by atoms with E-state index >= 15 is 0 Å². The van der Waals surface area contributed by atoms with E-state index in [-0.39, 0.29) is 23.3 Å². The van der Waals surface area contributed by atoms with Crippen LogP contribution in [0.2, 0.25) is 0 Å². The van der Waals surface area contributed by atoms with Gasteiger partial charge >= 0.3 is 0 Å². The highest BCUT2D eigenvalue weighted by atomic mass is 32.2. The Morgan fingerprint density at radius 3 is 3.09 bits per heavy atom. The van der Waals surface area contributed by atoms with Crippen LogP contribution in [0.1, 0.15) is 23.3 Å². The predicted molar refractivity (Wildman–Crippen MR) is 135 cm³/mol. The molecule has 0 spiro atoms. The third-order valence-electron chi connectivity index (χ3n) is 6.23. The average Bonchev–Trinajstić information content (AvgIpc) is 3.48. The van der Waals surface area contributed by atoms with Gasteiger partial charge in [-0.25, -0.2) is 4.98 Å². The fourth-order valence-corrected chi connectivity index (χ4v) is 6.62. The van der Waals surface area contributed by atoms with Crippen LogP contribution in [-0.2, 0) is 22.5 Å². The van der Waals surface area contributed by atoms with Gasteiger partial charge in [0.25, 0.3) is 5.56 Å². The van der Waals surface area contributed by atoms with Gasteiger partial charge in [-0.2, -0.15) is 0 Å². The standard InChI is InChI=1S/C24H28N4O4S2/c1-27-9-8-18-19(13-27)34-22-21(18)23(30)28(15-5-3-6-16(11-15)31-2)24(26-22)33-14-20(29)25-12-17-7-4-10-32-17/h3,5-6,11,17H,4,7-10,12-14H2,1-2H3,(H,25,29). The maximum absolute atomic E-state index is 13.9. The van der Waals surface area contributed by atoms with Gasteiger partial charge in [-0.15, -0.1) is 11.3 Å². The second kappa shape index (κ2) is 10.1. The normalized spacial score (nSPS) is 18.2. The van der Waals surface area contributed by atoms with Crippen LogP contribution in [0.25, 0.3) is 15.9 Å². The van der Waals surface area contributed by atoms with Crippen LogP contribution in [0.5, 0.6) is 5.75 Å². The van der Waals surface area contributed by atoms with E-state index in [9.17, 15) is 9.59 Å². The van der Waals surface area contributed by atoms with Crippen molar-refractivity contribution in [2.24, 2.45) is 0 Å². The highest BCUT2D eigenvalue weighted by molar-refractivity contribution is 7.99. The van der Waals surface area contributed by atoms with E-state index in [0.717, 1.165) is 49.4 Å². The van der Waals surface area contributed by atoms with Crippen molar-refractivity contribution in [3.8, 4) is 11.4 Å². The van der Waals surface area contributed by atoms with Crippen LogP contribution in [0.3, 0.4) is 0 Å². The molecule has 3 aromatic rings. The van der Waals surface area contributed by atoms with Gasteiger partial charge in [0.1, 0.15) is 10.6 Å². The topological polar surface area (TPSA) is 85.7 Å². The molecular weight excluding hydrogens is 472 g/mol. The summed E-state index contributed by atoms with van der Waals surface area (Å²) in [7, 11) is 3.69. The molecule has 4 heterocycles. The molecule has 2 aromatic heterocycles. The zero-order valence-corrected chi connectivity index (χ0v) is 21.0. The molecule has 0 bridgehead atoms. The van der Waals surface area contributed by atoms with Crippen LogP contribution in [0.4, 0.5) is 0 Å². The Balaban J connectivity index is 1.49. The molecule has 8 nitrogen and oxygen atoms in total. The van der Waals surface area contributed by atoms with Crippen molar-refractivity contribution in [2.45, 2.75) is 37.1 Å². The molecule has 1 N–H and O–H groups in total. The van der Waals surface area contributed by atoms with Crippen molar-refractivity contribution in [3.63, 3.8) is 0 Å². The van der Waals surface area contributed by atoms with Crippen molar-refractivity contribution in [2.75, 3.05) is 39.6 Å². The van der Waals surface area contributed by atoms with Crippen molar-refractivity contribution >= 4 is 39.2 Å². The number of aromatic nitrogens is 2. The smallest absolute Gasteiger partial charge is 0.267 e. The number of nitrogens with zero attached hydrogens (tertiary/aromatic N) is 3. The summed E-state index contributed by atoms with van der Waals surface area (Å²) >= 11 is 2.86. The SMILES string of the molecule is COc1cccc(-n2c(SCC(=O)NCC3CCCO3)nc3sc4c(c3c2=O)CCN(C)C4)c1. The lowest BCUT2D eigenvalue weighted by Crippen LogP contribution is -2.33. The molecule has 0 radical (unpaired) electrons. The zero-order valence-electron chi connectivity index (χ0n) is 19.3. The first-order chi connectivity index (χ1) is 16.5. The number of carbonyl (C=O) groups is 1. The first-order valence-corrected chi connectivity index (χ1v) is 13.2. The molecule has 0 aliphatic carbocycles. The molecule has 1 saturated heterocycles. The van der Waals surface area contributed by atoms with E-state index in [1.807, 2.05) is 24.3 Å². The molecule has 34 heavy (non-hydrogen) atoms. The van der Waals surface area contributed by atoms with Gasteiger partial charge in [0, 0.05) is 37.2 Å². The van der Waals surface area contributed by atoms with E-state index in [4.69, 9.17) is 14.5 Å². The van der Waals surface area contributed by atoms with Crippen molar-refractivity contribution in [1.82, 2.24) is 19.8 Å². The molecule has 1 amide bonds. The maximum atomic E-state index is 13.9. The molecule has 1 fully saturated rings. The third-order valence-corrected chi connectivity index (χ3v) is 8.28. The van der Waals surface area contributed by atoms with Gasteiger partial charge in [-0.3, -0.25) is 14.2 Å². The number of ether oxygens (including phenoxy) is 2. The van der Waals surface area contributed by atoms with E-state index in [1.54, 1.807) is 23.0 Å². The monoisotopic (exact) mass is 500 g/mol. The Morgan fingerprint density at radius 1 is 1.41 bits per heavy atom. The summed E-state index contributed by atoms with van der Waals surface area (Å²) in [6.07, 6.45) is 2.93. The fraction of sp³-hybridized carbons (Fsp3) is 0.458. The summed E-state index contributed by atoms with van der Waals surface area (Å²) in [5.74, 6) is 0.727. The lowest BCUT2D eigenvalue weighted by Gasteiger charge is -2.21. The highest BCUT2D eigenvalue weighted by Gasteiger charge is 2.25. The van der Waals surface area contributed by atoms with Gasteiger partial charge in [0.15, 0.2) is 5.16 Å². The Morgan fingerprint density at radius 2 is 2.29 bits per heavy atom. The summed E-state index contributed by atoms with van der Waals surface area (Å²) < 4.78 is 12.6. The quantitative estimate of drug-likeness (QED) is 0.394. The largest absolute Gasteiger partial charge is 0.497 e. The number of hydrogen-bond acceptors (Lipinski definition) is 8. The molecule has 1 atom stereocenters. The average molecular weight is 501 g/mol. The molecule has 1 aromatic carbocycles. The fourth-order valence-electron chi connectivity index (χ4n) is 4.44. The summed E-state index contributed by atoms with van der Waals surface area (Å²) in [6, 6.07) is 7.38. The minimum Gasteiger partial charge on any atom is -0.497 e. The molecule has 180 valence electrons. The van der Waals surface area contributed by atoms with E-state index in [2.05, 4.69) is 17.3 Å². The number of benzene rings is 1. The highest BCUT2D eigenvalue weighted by Crippen LogP contribution is 2.34. The number of rotatable bonds is 7. The molecule has 1 unspecified atom stereocenters. The van der Waals surface area contributed by atoms with Crippen molar-refractivity contribution in [1.29, 1.82) is 0 Å². The number of amides is 1. The van der Waals surface area contributed by atoms with Crippen LogP contribution in [-0.4, -0.2) is 66.1 Å². The van der Waals surface area contributed by atoms with Gasteiger partial charge in [0.05, 0.1) is 30.0 Å². The zero-order chi connectivity index (χ0) is 23.7. The molecule has 0 saturated carbocycles. The van der Waals surface area contributed by atoms with Gasteiger partial charge in [0.2, 0.25) is 5.91 Å². The van der Waals surface area contributed by atoms with Crippen LogP contribution in [0, 0.1) is 0 Å². The second-order valence-corrected chi connectivity index (χ2v) is 10.7. The number of methoxy groups -OCH3 is 1. The molecular formula is C24H28N4O4S2. The van der Waals surface area contributed by atoms with Gasteiger partial charge < -0.3 is 19.7 Å². The Labute approximate surface area is 206 Å².